The first-order chi connectivity index (χ1) is 13.1. The molecule has 3 aliphatic rings. The molecule has 1 aromatic carbocycles. The molecule has 0 bridgehead atoms. The van der Waals surface area contributed by atoms with E-state index < -0.39 is 21.9 Å². The summed E-state index contributed by atoms with van der Waals surface area (Å²) in [5, 5.41) is 9.12. The Morgan fingerprint density at radius 3 is 2.29 bits per heavy atom. The summed E-state index contributed by atoms with van der Waals surface area (Å²) in [5.74, 6) is -1.09. The molecule has 1 saturated heterocycles. The highest BCUT2D eigenvalue weighted by Gasteiger charge is 2.43. The number of aliphatic carboxylic acids is 1. The first kappa shape index (κ1) is 19.4. The largest absolute Gasteiger partial charge is 0.481 e. The Hall–Kier alpha value is -1.93. The summed E-state index contributed by atoms with van der Waals surface area (Å²) in [6.45, 7) is 5.05. The van der Waals surface area contributed by atoms with Gasteiger partial charge in [0.15, 0.2) is 0 Å². The van der Waals surface area contributed by atoms with E-state index in [-0.39, 0.29) is 35.2 Å². The highest BCUT2D eigenvalue weighted by Crippen LogP contribution is 2.44. The first-order valence-corrected chi connectivity index (χ1v) is 11.2. The maximum Gasteiger partial charge on any atom is 0.306 e. The molecule has 1 N–H and O–H groups in total. The number of carbonyl (C=O) groups excluding carboxylic acids is 1. The third-order valence-electron chi connectivity index (χ3n) is 6.17. The molecular formula is C20H26N2O5S. The number of sulfonamides is 1. The summed E-state index contributed by atoms with van der Waals surface area (Å²) in [6, 6.07) is 5.03. The van der Waals surface area contributed by atoms with Crippen molar-refractivity contribution in [1.82, 2.24) is 4.31 Å². The van der Waals surface area contributed by atoms with Gasteiger partial charge >= 0.3 is 5.97 Å². The number of nitrogens with zero attached hydrogens (tertiary/aromatic N) is 2. The molecule has 2 heterocycles. The minimum Gasteiger partial charge on any atom is -0.481 e. The Morgan fingerprint density at radius 2 is 1.71 bits per heavy atom. The van der Waals surface area contributed by atoms with E-state index in [9.17, 15) is 18.0 Å². The van der Waals surface area contributed by atoms with Gasteiger partial charge < -0.3 is 10.0 Å². The molecule has 152 valence electrons. The highest BCUT2D eigenvalue weighted by atomic mass is 32.2. The monoisotopic (exact) mass is 406 g/mol. The normalized spacial score (nSPS) is 22.9. The Labute approximate surface area is 165 Å². The molecule has 0 aromatic heterocycles. The first-order valence-electron chi connectivity index (χ1n) is 9.80. The van der Waals surface area contributed by atoms with Crippen LogP contribution in [0.25, 0.3) is 0 Å². The third-order valence-corrected chi connectivity index (χ3v) is 8.07. The minimum atomic E-state index is -3.69. The lowest BCUT2D eigenvalue weighted by Crippen LogP contribution is -2.40. The number of piperidine rings is 1. The molecule has 0 spiro atoms. The maximum absolute atomic E-state index is 13.1. The molecule has 1 saturated carbocycles. The fraction of sp³-hybridized carbons (Fsp3) is 0.600. The summed E-state index contributed by atoms with van der Waals surface area (Å²) in [7, 11) is -3.69. The van der Waals surface area contributed by atoms with E-state index >= 15 is 0 Å². The topological polar surface area (TPSA) is 95.0 Å². The number of carboxylic acids is 1. The number of hydrogen-bond donors (Lipinski definition) is 1. The van der Waals surface area contributed by atoms with Crippen LogP contribution < -0.4 is 4.90 Å². The predicted molar refractivity (Wildman–Crippen MR) is 104 cm³/mol. The number of amides is 1. The Balaban J connectivity index is 1.61. The van der Waals surface area contributed by atoms with Gasteiger partial charge in [-0.05, 0) is 49.4 Å². The standard InChI is InChI=1S/C20H26N2O5S/c1-20(2)12-22(18(23)13-3-4-13)17-6-5-15(11-16(17)20)28(26,27)21-9-7-14(8-10-21)19(24)25/h5-6,11,13-14H,3-4,7-10,12H2,1-2H3,(H,24,25). The molecule has 8 heteroatoms. The van der Waals surface area contributed by atoms with Gasteiger partial charge in [0.05, 0.1) is 10.8 Å². The zero-order chi connectivity index (χ0) is 20.3. The second-order valence-electron chi connectivity index (χ2n) is 8.78. The van der Waals surface area contributed by atoms with Gasteiger partial charge in [-0.15, -0.1) is 0 Å². The van der Waals surface area contributed by atoms with Crippen LogP contribution in [0.5, 0.6) is 0 Å². The van der Waals surface area contributed by atoms with Crippen LogP contribution in [0.2, 0.25) is 0 Å². The van der Waals surface area contributed by atoms with Crippen LogP contribution in [0.3, 0.4) is 0 Å². The number of anilines is 1. The molecular weight excluding hydrogens is 380 g/mol. The average molecular weight is 407 g/mol. The van der Waals surface area contributed by atoms with Crippen molar-refractivity contribution in [2.75, 3.05) is 24.5 Å². The zero-order valence-electron chi connectivity index (χ0n) is 16.2. The van der Waals surface area contributed by atoms with E-state index in [1.54, 1.807) is 18.2 Å². The Bertz CT molecular complexity index is 928. The second-order valence-corrected chi connectivity index (χ2v) is 10.7. The van der Waals surface area contributed by atoms with Crippen LogP contribution in [0.1, 0.15) is 45.1 Å². The number of rotatable bonds is 4. The van der Waals surface area contributed by atoms with Gasteiger partial charge in [-0.25, -0.2) is 8.42 Å². The average Bonchev–Trinajstić information content (AvgIpc) is 3.47. The third kappa shape index (κ3) is 3.22. The van der Waals surface area contributed by atoms with Crippen LogP contribution in [-0.4, -0.2) is 49.3 Å². The number of carbonyl (C=O) groups is 2. The summed E-state index contributed by atoms with van der Waals surface area (Å²) in [4.78, 5) is 25.8. The van der Waals surface area contributed by atoms with Gasteiger partial charge in [-0.1, -0.05) is 13.8 Å². The Kier molecular flexibility index (Phi) is 4.54. The molecule has 0 atom stereocenters. The molecule has 1 aliphatic carbocycles. The van der Waals surface area contributed by atoms with Crippen molar-refractivity contribution >= 4 is 27.6 Å². The fourth-order valence-corrected chi connectivity index (χ4v) is 5.75. The SMILES string of the molecule is CC1(C)CN(C(=O)C2CC2)c2ccc(S(=O)(=O)N3CCC(C(=O)O)CC3)cc21. The van der Waals surface area contributed by atoms with Gasteiger partial charge in [-0.3, -0.25) is 9.59 Å². The molecule has 1 amide bonds. The summed E-state index contributed by atoms with van der Waals surface area (Å²) >= 11 is 0. The second kappa shape index (κ2) is 6.56. The van der Waals surface area contributed by atoms with Crippen molar-refractivity contribution in [2.45, 2.75) is 49.8 Å². The molecule has 1 aromatic rings. The van der Waals surface area contributed by atoms with E-state index in [4.69, 9.17) is 5.11 Å². The number of fused-ring (bicyclic) bond motifs is 1. The van der Waals surface area contributed by atoms with Crippen LogP contribution in [0.4, 0.5) is 5.69 Å². The molecule has 2 fully saturated rings. The smallest absolute Gasteiger partial charge is 0.306 e. The van der Waals surface area contributed by atoms with E-state index in [2.05, 4.69) is 0 Å². The lowest BCUT2D eigenvalue weighted by Gasteiger charge is -2.29. The summed E-state index contributed by atoms with van der Waals surface area (Å²) in [6.07, 6.45) is 2.52. The fourth-order valence-electron chi connectivity index (χ4n) is 4.26. The van der Waals surface area contributed by atoms with Crippen LogP contribution in [0.15, 0.2) is 23.1 Å². The van der Waals surface area contributed by atoms with E-state index in [0.29, 0.717) is 19.4 Å². The van der Waals surface area contributed by atoms with Gasteiger partial charge in [0, 0.05) is 36.7 Å². The minimum absolute atomic E-state index is 0.112. The zero-order valence-corrected chi connectivity index (χ0v) is 17.0. The molecule has 28 heavy (non-hydrogen) atoms. The number of hydrogen-bond acceptors (Lipinski definition) is 4. The van der Waals surface area contributed by atoms with Crippen molar-refractivity contribution in [3.8, 4) is 0 Å². The van der Waals surface area contributed by atoms with Crippen LogP contribution >= 0.6 is 0 Å². The van der Waals surface area contributed by atoms with Crippen molar-refractivity contribution in [1.29, 1.82) is 0 Å². The molecule has 0 unspecified atom stereocenters. The van der Waals surface area contributed by atoms with E-state index in [0.717, 1.165) is 24.1 Å². The van der Waals surface area contributed by atoms with E-state index in [1.165, 1.54) is 4.31 Å². The highest BCUT2D eigenvalue weighted by molar-refractivity contribution is 7.89. The Morgan fingerprint density at radius 1 is 1.07 bits per heavy atom. The van der Waals surface area contributed by atoms with E-state index in [1.807, 2.05) is 18.7 Å². The quantitative estimate of drug-likeness (QED) is 0.827. The van der Waals surface area contributed by atoms with Gasteiger partial charge in [0.25, 0.3) is 0 Å². The lowest BCUT2D eigenvalue weighted by molar-refractivity contribution is -0.142. The number of benzene rings is 1. The molecule has 2 aliphatic heterocycles. The maximum atomic E-state index is 13.1. The predicted octanol–water partition coefficient (Wildman–Crippen LogP) is 2.21. The molecule has 0 radical (unpaired) electrons. The van der Waals surface area contributed by atoms with Gasteiger partial charge in [0.2, 0.25) is 15.9 Å². The van der Waals surface area contributed by atoms with Gasteiger partial charge in [0.1, 0.15) is 0 Å². The van der Waals surface area contributed by atoms with Crippen molar-refractivity contribution in [3.63, 3.8) is 0 Å². The van der Waals surface area contributed by atoms with Crippen molar-refractivity contribution in [2.24, 2.45) is 11.8 Å². The molecule has 4 rings (SSSR count). The van der Waals surface area contributed by atoms with Crippen molar-refractivity contribution < 1.29 is 23.1 Å². The van der Waals surface area contributed by atoms with Crippen LogP contribution in [-0.2, 0) is 25.0 Å². The lowest BCUT2D eigenvalue weighted by atomic mass is 9.87. The summed E-state index contributed by atoms with van der Waals surface area (Å²) < 4.78 is 27.6. The summed E-state index contributed by atoms with van der Waals surface area (Å²) in [5.41, 5.74) is 1.37. The van der Waals surface area contributed by atoms with Crippen molar-refractivity contribution in [3.05, 3.63) is 23.8 Å². The van der Waals surface area contributed by atoms with Gasteiger partial charge in [-0.2, -0.15) is 4.31 Å². The number of carboxylic acid groups (broad SMARTS) is 1. The molecule has 7 nitrogen and oxygen atoms in total. The van der Waals surface area contributed by atoms with Crippen LogP contribution in [0, 0.1) is 11.8 Å².